The monoisotopic (exact) mass is 441 g/mol. The summed E-state index contributed by atoms with van der Waals surface area (Å²) in [5.41, 5.74) is 2.39. The van der Waals surface area contributed by atoms with Crippen LogP contribution in [0.15, 0.2) is 48.5 Å². The predicted molar refractivity (Wildman–Crippen MR) is 120 cm³/mol. The third-order valence-corrected chi connectivity index (χ3v) is 6.10. The van der Waals surface area contributed by atoms with E-state index in [1.807, 2.05) is 17.0 Å². The van der Waals surface area contributed by atoms with Crippen molar-refractivity contribution in [1.82, 2.24) is 9.80 Å². The van der Waals surface area contributed by atoms with Gasteiger partial charge in [0.1, 0.15) is 5.82 Å². The fourth-order valence-electron chi connectivity index (χ4n) is 4.55. The van der Waals surface area contributed by atoms with Crippen LogP contribution < -0.4 is 5.32 Å². The molecule has 2 fully saturated rings. The molecule has 0 aliphatic carbocycles. The second-order valence-corrected chi connectivity index (χ2v) is 8.63. The second-order valence-electron chi connectivity index (χ2n) is 8.20. The highest BCUT2D eigenvalue weighted by molar-refractivity contribution is 6.31. The van der Waals surface area contributed by atoms with Gasteiger partial charge < -0.3 is 10.2 Å². The minimum Gasteiger partial charge on any atom is -0.331 e. The van der Waals surface area contributed by atoms with Crippen LogP contribution in [0.1, 0.15) is 30.9 Å². The first-order valence-electron chi connectivity index (χ1n) is 10.4. The molecule has 0 saturated carbocycles. The van der Waals surface area contributed by atoms with Crippen LogP contribution in [0.2, 0.25) is 5.02 Å². The van der Waals surface area contributed by atoms with Crippen molar-refractivity contribution in [2.24, 2.45) is 0 Å². The lowest BCUT2D eigenvalue weighted by atomic mass is 10.1. The number of anilines is 1. The number of rotatable bonds is 5. The van der Waals surface area contributed by atoms with Crippen molar-refractivity contribution in [3.63, 3.8) is 0 Å². The van der Waals surface area contributed by atoms with Crippen LogP contribution in [0.5, 0.6) is 0 Å². The first kappa shape index (κ1) is 21.5. The summed E-state index contributed by atoms with van der Waals surface area (Å²) in [6, 6.07) is 12.1. The Hall–Kier alpha value is -2.70. The maximum absolute atomic E-state index is 13.2. The van der Waals surface area contributed by atoms with Gasteiger partial charge in [0.05, 0.1) is 0 Å². The molecule has 2 heterocycles. The molecule has 2 amide bonds. The van der Waals surface area contributed by atoms with Crippen molar-refractivity contribution >= 4 is 35.2 Å². The molecule has 0 aromatic heterocycles. The number of fused-ring (bicyclic) bond motifs is 2. The smallest absolute Gasteiger partial charge is 0.247 e. The molecule has 2 aliphatic heterocycles. The van der Waals surface area contributed by atoms with Crippen LogP contribution in [0.4, 0.5) is 10.1 Å². The van der Waals surface area contributed by atoms with E-state index in [-0.39, 0.29) is 29.7 Å². The number of nitrogens with one attached hydrogen (secondary N) is 1. The summed E-state index contributed by atoms with van der Waals surface area (Å²) in [6.45, 7) is 3.82. The fourth-order valence-corrected chi connectivity index (χ4v) is 4.72. The fraction of sp³-hybridized carbons (Fsp3) is 0.333. The number of likely N-dealkylation sites (tertiary alicyclic amines) is 1. The van der Waals surface area contributed by atoms with Crippen molar-refractivity contribution in [3.05, 3.63) is 70.5 Å². The molecule has 2 saturated heterocycles. The van der Waals surface area contributed by atoms with Gasteiger partial charge in [0, 0.05) is 55.4 Å². The Labute approximate surface area is 186 Å². The van der Waals surface area contributed by atoms with Gasteiger partial charge in [0.15, 0.2) is 0 Å². The van der Waals surface area contributed by atoms with Crippen molar-refractivity contribution in [3.8, 4) is 0 Å². The largest absolute Gasteiger partial charge is 0.331 e. The molecular weight excluding hydrogens is 417 g/mol. The zero-order valence-corrected chi connectivity index (χ0v) is 18.1. The molecule has 2 aromatic carbocycles. The van der Waals surface area contributed by atoms with Crippen LogP contribution in [0.25, 0.3) is 6.08 Å². The SMILES string of the molecule is CC(=O)Nc1cc(Cl)ccc1/C=C/C(=O)N1C2CCC1CN(Cc1ccc(F)cc1)C2. The lowest BCUT2D eigenvalue weighted by Crippen LogP contribution is -2.55. The molecule has 2 unspecified atom stereocenters. The molecule has 5 nitrogen and oxygen atoms in total. The van der Waals surface area contributed by atoms with Crippen molar-refractivity contribution in [2.75, 3.05) is 18.4 Å². The number of nitrogens with zero attached hydrogens (tertiary/aromatic N) is 2. The lowest BCUT2D eigenvalue weighted by Gasteiger charge is -2.40. The Morgan fingerprint density at radius 3 is 2.45 bits per heavy atom. The Morgan fingerprint density at radius 2 is 1.81 bits per heavy atom. The number of carbonyl (C=O) groups is 2. The van der Waals surface area contributed by atoms with Crippen LogP contribution >= 0.6 is 11.6 Å². The van der Waals surface area contributed by atoms with Gasteiger partial charge in [-0.05, 0) is 54.3 Å². The summed E-state index contributed by atoms with van der Waals surface area (Å²) in [5, 5.41) is 3.27. The number of amides is 2. The van der Waals surface area contributed by atoms with Crippen molar-refractivity contribution in [1.29, 1.82) is 0 Å². The number of halogens is 2. The third kappa shape index (κ3) is 5.14. The second kappa shape index (κ2) is 9.20. The van der Waals surface area contributed by atoms with E-state index in [0.29, 0.717) is 10.7 Å². The highest BCUT2D eigenvalue weighted by atomic mass is 35.5. The minimum absolute atomic E-state index is 0.0161. The molecule has 2 aromatic rings. The first-order valence-corrected chi connectivity index (χ1v) is 10.8. The standard InChI is InChI=1S/C24H25ClFN3O2/c1-16(30)27-23-12-19(25)6-4-18(23)5-11-24(31)29-21-9-10-22(29)15-28(14-21)13-17-2-7-20(26)8-3-17/h2-8,11-12,21-22H,9-10,13-15H2,1H3,(H,27,30)/b11-5+. The molecule has 1 N–H and O–H groups in total. The third-order valence-electron chi connectivity index (χ3n) is 5.86. The van der Waals surface area contributed by atoms with Gasteiger partial charge in [-0.15, -0.1) is 0 Å². The van der Waals surface area contributed by atoms with Gasteiger partial charge in [0.2, 0.25) is 11.8 Å². The van der Waals surface area contributed by atoms with Crippen LogP contribution in [0.3, 0.4) is 0 Å². The molecule has 7 heteroatoms. The van der Waals surface area contributed by atoms with Gasteiger partial charge in [-0.2, -0.15) is 0 Å². The van der Waals surface area contributed by atoms with E-state index in [4.69, 9.17) is 11.6 Å². The average molecular weight is 442 g/mol. The van der Waals surface area contributed by atoms with E-state index in [1.165, 1.54) is 19.1 Å². The highest BCUT2D eigenvalue weighted by Gasteiger charge is 2.41. The average Bonchev–Trinajstić information content (AvgIpc) is 2.99. The first-order chi connectivity index (χ1) is 14.9. The van der Waals surface area contributed by atoms with E-state index < -0.39 is 0 Å². The van der Waals surface area contributed by atoms with E-state index in [0.717, 1.165) is 43.6 Å². The molecule has 2 atom stereocenters. The molecular formula is C24H25ClFN3O2. The highest BCUT2D eigenvalue weighted by Crippen LogP contribution is 2.31. The van der Waals surface area contributed by atoms with Crippen LogP contribution in [0, 0.1) is 5.82 Å². The van der Waals surface area contributed by atoms with Gasteiger partial charge in [-0.3, -0.25) is 14.5 Å². The Bertz CT molecular complexity index is 994. The molecule has 4 rings (SSSR count). The summed E-state index contributed by atoms with van der Waals surface area (Å²) in [6.07, 6.45) is 5.29. The van der Waals surface area contributed by atoms with Gasteiger partial charge in [0.25, 0.3) is 0 Å². The van der Waals surface area contributed by atoms with Gasteiger partial charge in [-0.25, -0.2) is 4.39 Å². The van der Waals surface area contributed by atoms with Crippen LogP contribution in [-0.2, 0) is 16.1 Å². The van der Waals surface area contributed by atoms with E-state index >= 15 is 0 Å². The Balaban J connectivity index is 1.42. The Morgan fingerprint density at radius 1 is 1.13 bits per heavy atom. The minimum atomic E-state index is -0.228. The zero-order valence-electron chi connectivity index (χ0n) is 17.4. The maximum Gasteiger partial charge on any atom is 0.247 e. The molecule has 0 radical (unpaired) electrons. The predicted octanol–water partition coefficient (Wildman–Crippen LogP) is 4.33. The molecule has 31 heavy (non-hydrogen) atoms. The van der Waals surface area contributed by atoms with Crippen molar-refractivity contribution in [2.45, 2.75) is 38.4 Å². The maximum atomic E-state index is 13.2. The Kier molecular flexibility index (Phi) is 6.39. The number of piperazine rings is 1. The number of hydrogen-bond donors (Lipinski definition) is 1. The number of benzene rings is 2. The molecule has 162 valence electrons. The van der Waals surface area contributed by atoms with Crippen LogP contribution in [-0.4, -0.2) is 46.8 Å². The quantitative estimate of drug-likeness (QED) is 0.703. The van der Waals surface area contributed by atoms with Crippen molar-refractivity contribution < 1.29 is 14.0 Å². The van der Waals surface area contributed by atoms with E-state index in [9.17, 15) is 14.0 Å². The normalized spacial score (nSPS) is 20.9. The number of carbonyl (C=O) groups excluding carboxylic acids is 2. The summed E-state index contributed by atoms with van der Waals surface area (Å²) in [4.78, 5) is 28.8. The summed E-state index contributed by atoms with van der Waals surface area (Å²) < 4.78 is 13.2. The van der Waals surface area contributed by atoms with E-state index in [2.05, 4.69) is 10.2 Å². The number of hydrogen-bond acceptors (Lipinski definition) is 3. The van der Waals surface area contributed by atoms with E-state index in [1.54, 1.807) is 30.4 Å². The lowest BCUT2D eigenvalue weighted by molar-refractivity contribution is -0.131. The molecule has 0 spiro atoms. The summed E-state index contributed by atoms with van der Waals surface area (Å²) in [7, 11) is 0. The molecule has 2 aliphatic rings. The summed E-state index contributed by atoms with van der Waals surface area (Å²) >= 11 is 6.04. The topological polar surface area (TPSA) is 52.7 Å². The van der Waals surface area contributed by atoms with Gasteiger partial charge >= 0.3 is 0 Å². The zero-order chi connectivity index (χ0) is 22.0. The molecule has 2 bridgehead atoms. The summed E-state index contributed by atoms with van der Waals surface area (Å²) in [5.74, 6) is -0.440. The van der Waals surface area contributed by atoms with Gasteiger partial charge in [-0.1, -0.05) is 29.8 Å².